The molecule has 0 aliphatic heterocycles. The Bertz CT molecular complexity index is 1290. The van der Waals surface area contributed by atoms with E-state index in [-0.39, 0.29) is 29.9 Å². The third-order valence-electron chi connectivity index (χ3n) is 6.35. The van der Waals surface area contributed by atoms with Crippen molar-refractivity contribution in [3.63, 3.8) is 0 Å². The van der Waals surface area contributed by atoms with Gasteiger partial charge in [-0.25, -0.2) is 9.97 Å². The van der Waals surface area contributed by atoms with Crippen LogP contribution in [-0.2, 0) is 0 Å². The number of anilines is 2. The molecule has 1 saturated carbocycles. The molecule has 208 valence electrons. The third-order valence-corrected chi connectivity index (χ3v) is 6.35. The molecule has 3 aromatic heterocycles. The lowest BCUT2D eigenvalue weighted by atomic mass is 9.97. The van der Waals surface area contributed by atoms with Crippen LogP contribution >= 0.6 is 0 Å². The Morgan fingerprint density at radius 1 is 1.08 bits per heavy atom. The van der Waals surface area contributed by atoms with Gasteiger partial charge in [0.25, 0.3) is 0 Å². The minimum absolute atomic E-state index is 0.0160. The number of ether oxygens (including phenoxy) is 1. The topological polar surface area (TPSA) is 126 Å². The molecule has 3 aromatic rings. The van der Waals surface area contributed by atoms with E-state index in [4.69, 9.17) is 14.1 Å². The number of halogens is 3. The molecular weight excluding hydrogens is 503 g/mol. The van der Waals surface area contributed by atoms with Crippen LogP contribution in [0.5, 0.6) is 5.88 Å². The lowest BCUT2D eigenvalue weighted by Crippen LogP contribution is -2.29. The van der Waals surface area contributed by atoms with Gasteiger partial charge in [-0.05, 0) is 44.1 Å². The molecule has 38 heavy (non-hydrogen) atoms. The summed E-state index contributed by atoms with van der Waals surface area (Å²) in [5, 5.41) is 27.3. The predicted molar refractivity (Wildman–Crippen MR) is 137 cm³/mol. The molecule has 0 radical (unpaired) electrons. The molecule has 3 atom stereocenters. The summed E-state index contributed by atoms with van der Waals surface area (Å²) in [5.41, 5.74) is 1.91. The molecule has 0 bridgehead atoms. The van der Waals surface area contributed by atoms with Gasteiger partial charge in [0.05, 0.1) is 29.1 Å². The van der Waals surface area contributed by atoms with E-state index in [1.165, 1.54) is 6.07 Å². The van der Waals surface area contributed by atoms with Crippen LogP contribution in [0.15, 0.2) is 16.5 Å². The normalized spacial score (nSPS) is 20.2. The summed E-state index contributed by atoms with van der Waals surface area (Å²) < 4.78 is 48.9. The van der Waals surface area contributed by atoms with E-state index in [0.29, 0.717) is 64.8 Å². The molecule has 0 amide bonds. The second-order valence-corrected chi connectivity index (χ2v) is 11.1. The van der Waals surface area contributed by atoms with Crippen molar-refractivity contribution in [3.8, 4) is 17.2 Å². The Hall–Kier alpha value is -3.12. The van der Waals surface area contributed by atoms with Crippen LogP contribution in [0.1, 0.15) is 45.0 Å². The zero-order valence-electron chi connectivity index (χ0n) is 22.1. The second kappa shape index (κ2) is 10.6. The van der Waals surface area contributed by atoms with Gasteiger partial charge in [0.15, 0.2) is 12.2 Å². The molecule has 1 aliphatic carbocycles. The van der Waals surface area contributed by atoms with Crippen molar-refractivity contribution in [3.05, 3.63) is 23.5 Å². The smallest absolute Gasteiger partial charge is 0.422 e. The first-order valence-electron chi connectivity index (χ1n) is 12.5. The Morgan fingerprint density at radius 2 is 1.82 bits per heavy atom. The number of aliphatic hydroxyl groups excluding tert-OH is 2. The number of aromatic nitrogens is 3. The quantitative estimate of drug-likeness (QED) is 0.319. The van der Waals surface area contributed by atoms with Crippen LogP contribution in [0.25, 0.3) is 22.3 Å². The number of pyridine rings is 1. The molecule has 3 heterocycles. The molecule has 0 spiro atoms. The van der Waals surface area contributed by atoms with Gasteiger partial charge in [-0.15, -0.1) is 0 Å². The second-order valence-electron chi connectivity index (χ2n) is 11.1. The average Bonchev–Trinajstić information content (AvgIpc) is 3.38. The van der Waals surface area contributed by atoms with Crippen molar-refractivity contribution in [2.24, 2.45) is 11.3 Å². The Balaban J connectivity index is 1.73. The number of aliphatic hydroxyl groups is 2. The van der Waals surface area contributed by atoms with Gasteiger partial charge >= 0.3 is 6.18 Å². The van der Waals surface area contributed by atoms with Crippen LogP contribution in [0, 0.1) is 25.2 Å². The summed E-state index contributed by atoms with van der Waals surface area (Å²) in [7, 11) is 0. The van der Waals surface area contributed by atoms with Gasteiger partial charge in [-0.2, -0.15) is 18.2 Å². The predicted octanol–water partition coefficient (Wildman–Crippen LogP) is 4.84. The fourth-order valence-electron chi connectivity index (χ4n) is 4.52. The van der Waals surface area contributed by atoms with E-state index in [9.17, 15) is 23.4 Å². The third kappa shape index (κ3) is 6.65. The molecule has 9 nitrogen and oxygen atoms in total. The largest absolute Gasteiger partial charge is 0.468 e. The summed E-state index contributed by atoms with van der Waals surface area (Å²) in [5.74, 6) is 1.06. The van der Waals surface area contributed by atoms with Gasteiger partial charge in [0, 0.05) is 24.6 Å². The minimum Gasteiger partial charge on any atom is -0.468 e. The molecule has 1 fully saturated rings. The molecule has 0 unspecified atom stereocenters. The highest BCUT2D eigenvalue weighted by Crippen LogP contribution is 2.38. The van der Waals surface area contributed by atoms with Crippen molar-refractivity contribution >= 4 is 22.7 Å². The lowest BCUT2D eigenvalue weighted by Gasteiger charge is -2.22. The maximum Gasteiger partial charge on any atom is 0.422 e. The molecular formula is C26H34F3N5O4. The van der Waals surface area contributed by atoms with Crippen molar-refractivity contribution in [1.29, 1.82) is 0 Å². The summed E-state index contributed by atoms with van der Waals surface area (Å²) >= 11 is 0. The Labute approximate surface area is 218 Å². The molecule has 4 N–H and O–H groups in total. The number of hydrogen-bond acceptors (Lipinski definition) is 9. The number of hydrogen-bond donors (Lipinski definition) is 4. The highest BCUT2D eigenvalue weighted by molar-refractivity contribution is 5.88. The van der Waals surface area contributed by atoms with E-state index in [0.717, 1.165) is 0 Å². The number of rotatable bonds is 8. The lowest BCUT2D eigenvalue weighted by molar-refractivity contribution is -0.154. The number of furan rings is 1. The fraction of sp³-hybridized carbons (Fsp3) is 0.577. The summed E-state index contributed by atoms with van der Waals surface area (Å²) in [6, 6.07) is 2.74. The van der Waals surface area contributed by atoms with Crippen LogP contribution in [0.2, 0.25) is 0 Å². The van der Waals surface area contributed by atoms with Crippen LogP contribution in [-0.4, -0.2) is 63.2 Å². The summed E-state index contributed by atoms with van der Waals surface area (Å²) in [6.07, 6.45) is -4.12. The van der Waals surface area contributed by atoms with E-state index in [1.54, 1.807) is 13.0 Å². The standard InChI is InChI=1S/C26H34F3N5O4/c1-13-21(19-8-16-9-20(37-12-26(27,28)29)31-14(2)22(16)38-19)23(33-17-6-15(10-35)7-18(17)36)34-24(32-13)30-11-25(3,4)5/h8-9,15,17-18,35-36H,6-7,10-12H2,1-5H3,(H2,30,32,33,34)/t15-,17+,18+/m0/s1. The van der Waals surface area contributed by atoms with Crippen molar-refractivity contribution in [2.75, 3.05) is 30.4 Å². The minimum atomic E-state index is -4.48. The maximum absolute atomic E-state index is 12.6. The van der Waals surface area contributed by atoms with E-state index < -0.39 is 18.9 Å². The zero-order chi connectivity index (χ0) is 27.8. The zero-order valence-corrected chi connectivity index (χ0v) is 22.1. The molecule has 4 rings (SSSR count). The summed E-state index contributed by atoms with van der Waals surface area (Å²) in [4.78, 5) is 13.4. The first-order valence-corrected chi connectivity index (χ1v) is 12.5. The average molecular weight is 538 g/mol. The van der Waals surface area contributed by atoms with Crippen molar-refractivity contribution in [2.45, 2.75) is 65.8 Å². The summed E-state index contributed by atoms with van der Waals surface area (Å²) in [6.45, 7) is 8.85. The molecule has 0 saturated heterocycles. The fourth-order valence-corrected chi connectivity index (χ4v) is 4.52. The van der Waals surface area contributed by atoms with E-state index in [2.05, 4.69) is 41.4 Å². The number of fused-ring (bicyclic) bond motifs is 1. The highest BCUT2D eigenvalue weighted by Gasteiger charge is 2.34. The molecule has 0 aromatic carbocycles. The Kier molecular flexibility index (Phi) is 7.76. The van der Waals surface area contributed by atoms with Gasteiger partial charge < -0.3 is 30.0 Å². The first-order chi connectivity index (χ1) is 17.7. The number of aryl methyl sites for hydroxylation is 2. The molecule has 1 aliphatic rings. The highest BCUT2D eigenvalue weighted by atomic mass is 19.4. The van der Waals surface area contributed by atoms with Gasteiger partial charge in [0.1, 0.15) is 11.6 Å². The van der Waals surface area contributed by atoms with E-state index >= 15 is 0 Å². The monoisotopic (exact) mass is 537 g/mol. The van der Waals surface area contributed by atoms with Crippen molar-refractivity contribution < 1.29 is 32.5 Å². The van der Waals surface area contributed by atoms with Gasteiger partial charge in [-0.3, -0.25) is 0 Å². The van der Waals surface area contributed by atoms with Gasteiger partial charge in [-0.1, -0.05) is 20.8 Å². The van der Waals surface area contributed by atoms with E-state index in [1.807, 2.05) is 6.92 Å². The number of nitrogens with zero attached hydrogens (tertiary/aromatic N) is 3. The van der Waals surface area contributed by atoms with Crippen LogP contribution in [0.4, 0.5) is 24.9 Å². The molecule has 12 heteroatoms. The SMILES string of the molecule is Cc1nc(NCC(C)(C)C)nc(N[C@@H]2C[C@H](CO)C[C@H]2O)c1-c1cc2cc(OCC(F)(F)F)nc(C)c2o1. The Morgan fingerprint density at radius 3 is 2.45 bits per heavy atom. The maximum atomic E-state index is 12.6. The van der Waals surface area contributed by atoms with Crippen LogP contribution < -0.4 is 15.4 Å². The first kappa shape index (κ1) is 27.9. The van der Waals surface area contributed by atoms with Gasteiger partial charge in [0.2, 0.25) is 11.8 Å². The van der Waals surface area contributed by atoms with Crippen molar-refractivity contribution in [1.82, 2.24) is 15.0 Å². The number of nitrogens with one attached hydrogen (secondary N) is 2. The van der Waals surface area contributed by atoms with Crippen LogP contribution in [0.3, 0.4) is 0 Å². The number of alkyl halides is 3.